The zero-order chi connectivity index (χ0) is 16.4. The molecular weight excluding hydrogens is 296 g/mol. The van der Waals surface area contributed by atoms with Gasteiger partial charge < -0.3 is 4.74 Å². The van der Waals surface area contributed by atoms with E-state index >= 15 is 0 Å². The molecule has 0 aliphatic heterocycles. The van der Waals surface area contributed by atoms with Gasteiger partial charge in [-0.25, -0.2) is 14.8 Å². The second-order valence-corrected chi connectivity index (χ2v) is 5.00. The summed E-state index contributed by atoms with van der Waals surface area (Å²) in [4.78, 5) is 32.8. The number of rotatable bonds is 4. The molecule has 0 spiro atoms. The van der Waals surface area contributed by atoms with E-state index in [4.69, 9.17) is 4.74 Å². The Labute approximate surface area is 132 Å². The van der Waals surface area contributed by atoms with E-state index in [0.29, 0.717) is 17.0 Å². The van der Waals surface area contributed by atoms with Gasteiger partial charge in [0.25, 0.3) is 0 Å². The van der Waals surface area contributed by atoms with E-state index < -0.39 is 5.97 Å². The van der Waals surface area contributed by atoms with E-state index in [0.717, 1.165) is 5.56 Å². The summed E-state index contributed by atoms with van der Waals surface area (Å²) in [7, 11) is 1.62. The first-order chi connectivity index (χ1) is 11.1. The molecule has 7 nitrogen and oxygen atoms in total. The minimum atomic E-state index is -0.464. The number of fused-ring (bicyclic) bond motifs is 1. The van der Waals surface area contributed by atoms with Crippen molar-refractivity contribution >= 4 is 17.1 Å². The number of hydrogen-bond donors (Lipinski definition) is 0. The Hall–Kier alpha value is -2.96. The number of nitrogens with zero attached hydrogens (tertiary/aromatic N) is 4. The van der Waals surface area contributed by atoms with E-state index in [1.807, 2.05) is 30.3 Å². The van der Waals surface area contributed by atoms with Crippen LogP contribution < -0.4 is 5.69 Å². The topological polar surface area (TPSA) is 79.0 Å². The Morgan fingerprint density at radius 2 is 2.00 bits per heavy atom. The summed E-state index contributed by atoms with van der Waals surface area (Å²) >= 11 is 0. The smallest absolute Gasteiger partial charge is 0.330 e. The zero-order valence-electron chi connectivity index (χ0n) is 12.9. The highest BCUT2D eigenvalue weighted by Gasteiger charge is 2.16. The highest BCUT2D eigenvalue weighted by Crippen LogP contribution is 2.17. The molecule has 0 N–H and O–H groups in total. The molecular formula is C16H16N4O3. The summed E-state index contributed by atoms with van der Waals surface area (Å²) in [6.45, 7) is 1.84. The van der Waals surface area contributed by atoms with Crippen LogP contribution in [-0.2, 0) is 23.1 Å². The van der Waals surface area contributed by atoms with Crippen molar-refractivity contribution in [2.45, 2.75) is 13.5 Å². The van der Waals surface area contributed by atoms with Gasteiger partial charge in [0.05, 0.1) is 12.8 Å². The molecule has 2 heterocycles. The number of benzene rings is 1. The van der Waals surface area contributed by atoms with E-state index in [1.165, 1.54) is 9.13 Å². The van der Waals surface area contributed by atoms with Crippen molar-refractivity contribution in [2.75, 3.05) is 6.61 Å². The Kier molecular flexibility index (Phi) is 3.92. The maximum absolute atomic E-state index is 12.3. The fraction of sp³-hybridized carbons (Fsp3) is 0.250. The first-order valence-electron chi connectivity index (χ1n) is 7.25. The number of hydrogen-bond acceptors (Lipinski definition) is 5. The third kappa shape index (κ3) is 2.73. The molecule has 0 saturated heterocycles. The second-order valence-electron chi connectivity index (χ2n) is 5.00. The minimum absolute atomic E-state index is 0.155. The number of carbonyl (C=O) groups is 1. The molecule has 0 amide bonds. The Balaban J connectivity index is 2.10. The number of imidazole rings is 1. The van der Waals surface area contributed by atoms with Crippen molar-refractivity contribution in [3.8, 4) is 11.4 Å². The Morgan fingerprint density at radius 3 is 2.70 bits per heavy atom. The van der Waals surface area contributed by atoms with Crippen LogP contribution in [0.3, 0.4) is 0 Å². The van der Waals surface area contributed by atoms with Crippen molar-refractivity contribution in [3.63, 3.8) is 0 Å². The molecule has 1 aromatic carbocycles. The average Bonchev–Trinajstić information content (AvgIpc) is 2.80. The molecule has 2 aromatic heterocycles. The number of esters is 1. The van der Waals surface area contributed by atoms with E-state index in [2.05, 4.69) is 9.97 Å². The van der Waals surface area contributed by atoms with E-state index in [1.54, 1.807) is 20.2 Å². The Morgan fingerprint density at radius 1 is 1.26 bits per heavy atom. The number of carbonyl (C=O) groups excluding carboxylic acids is 1. The predicted octanol–water partition coefficient (Wildman–Crippen LogP) is 1.36. The maximum atomic E-state index is 12.3. The molecule has 0 aliphatic carbocycles. The first kappa shape index (κ1) is 15.0. The highest BCUT2D eigenvalue weighted by atomic mass is 16.5. The van der Waals surface area contributed by atoms with Gasteiger partial charge in [-0.1, -0.05) is 30.3 Å². The monoisotopic (exact) mass is 312 g/mol. The van der Waals surface area contributed by atoms with Crippen LogP contribution in [0, 0.1) is 0 Å². The summed E-state index contributed by atoms with van der Waals surface area (Å²) in [6.07, 6.45) is 1.56. The fourth-order valence-electron chi connectivity index (χ4n) is 2.39. The number of aryl methyl sites for hydroxylation is 1. The van der Waals surface area contributed by atoms with Crippen LogP contribution in [0.2, 0.25) is 0 Å². The van der Waals surface area contributed by atoms with Gasteiger partial charge in [-0.05, 0) is 6.92 Å². The molecule has 0 aliphatic rings. The zero-order valence-corrected chi connectivity index (χ0v) is 12.9. The van der Waals surface area contributed by atoms with Gasteiger partial charge in [0.15, 0.2) is 11.5 Å². The number of aromatic nitrogens is 4. The molecule has 0 fully saturated rings. The van der Waals surface area contributed by atoms with Gasteiger partial charge in [0, 0.05) is 12.6 Å². The normalized spacial score (nSPS) is 10.9. The van der Waals surface area contributed by atoms with Gasteiger partial charge in [0.2, 0.25) is 0 Å². The van der Waals surface area contributed by atoms with Crippen LogP contribution in [0.15, 0.2) is 41.3 Å². The maximum Gasteiger partial charge on any atom is 0.330 e. The van der Waals surface area contributed by atoms with Gasteiger partial charge in [-0.2, -0.15) is 0 Å². The third-order valence-corrected chi connectivity index (χ3v) is 3.50. The standard InChI is InChI=1S/C16H16N4O3/c1-3-23-13(21)10-20-12-9-17-14(11-7-5-4-6-8-11)18-15(12)19(2)16(20)22/h4-9H,3,10H2,1-2H3. The molecule has 0 bridgehead atoms. The lowest BCUT2D eigenvalue weighted by molar-refractivity contribution is -0.143. The van der Waals surface area contributed by atoms with Crippen LogP contribution in [0.25, 0.3) is 22.6 Å². The van der Waals surface area contributed by atoms with Crippen LogP contribution in [0.1, 0.15) is 6.92 Å². The molecule has 0 saturated carbocycles. The lowest BCUT2D eigenvalue weighted by atomic mass is 10.2. The van der Waals surface area contributed by atoms with Crippen LogP contribution in [0.4, 0.5) is 0 Å². The third-order valence-electron chi connectivity index (χ3n) is 3.50. The summed E-state index contributed by atoms with van der Waals surface area (Å²) < 4.78 is 7.63. The van der Waals surface area contributed by atoms with Crippen molar-refractivity contribution in [3.05, 3.63) is 47.0 Å². The molecule has 0 unspecified atom stereocenters. The van der Waals surface area contributed by atoms with Crippen molar-refractivity contribution < 1.29 is 9.53 Å². The van der Waals surface area contributed by atoms with Gasteiger partial charge in [-0.3, -0.25) is 13.9 Å². The lowest BCUT2D eigenvalue weighted by Crippen LogP contribution is -2.26. The summed E-state index contributed by atoms with van der Waals surface area (Å²) in [5.41, 5.74) is 1.52. The van der Waals surface area contributed by atoms with E-state index in [-0.39, 0.29) is 18.8 Å². The van der Waals surface area contributed by atoms with Crippen LogP contribution in [-0.4, -0.2) is 31.7 Å². The average molecular weight is 312 g/mol. The molecule has 7 heteroatoms. The molecule has 0 atom stereocenters. The molecule has 3 aromatic rings. The van der Waals surface area contributed by atoms with Crippen LogP contribution >= 0.6 is 0 Å². The number of ether oxygens (including phenoxy) is 1. The van der Waals surface area contributed by atoms with Gasteiger partial charge in [0.1, 0.15) is 12.1 Å². The largest absolute Gasteiger partial charge is 0.465 e. The van der Waals surface area contributed by atoms with Crippen molar-refractivity contribution in [1.82, 2.24) is 19.1 Å². The van der Waals surface area contributed by atoms with Crippen molar-refractivity contribution in [1.29, 1.82) is 0 Å². The van der Waals surface area contributed by atoms with Crippen LogP contribution in [0.5, 0.6) is 0 Å². The summed E-state index contributed by atoms with van der Waals surface area (Å²) in [6, 6.07) is 9.50. The van der Waals surface area contributed by atoms with E-state index in [9.17, 15) is 9.59 Å². The van der Waals surface area contributed by atoms with Gasteiger partial charge in [-0.15, -0.1) is 0 Å². The summed E-state index contributed by atoms with van der Waals surface area (Å²) in [5.74, 6) is 0.0659. The quantitative estimate of drug-likeness (QED) is 0.680. The molecule has 118 valence electrons. The molecule has 0 radical (unpaired) electrons. The first-order valence-corrected chi connectivity index (χ1v) is 7.25. The SMILES string of the molecule is CCOC(=O)Cn1c(=O)n(C)c2nc(-c3ccccc3)ncc21. The lowest BCUT2D eigenvalue weighted by Gasteiger charge is -2.03. The molecule has 3 rings (SSSR count). The predicted molar refractivity (Wildman–Crippen MR) is 84.8 cm³/mol. The van der Waals surface area contributed by atoms with Crippen molar-refractivity contribution in [2.24, 2.45) is 7.05 Å². The summed E-state index contributed by atoms with van der Waals surface area (Å²) in [5, 5.41) is 0. The second kappa shape index (κ2) is 6.04. The Bertz CT molecular complexity index is 912. The van der Waals surface area contributed by atoms with Gasteiger partial charge >= 0.3 is 11.7 Å². The fourth-order valence-corrected chi connectivity index (χ4v) is 2.39. The molecule has 23 heavy (non-hydrogen) atoms. The minimum Gasteiger partial charge on any atom is -0.465 e. The highest BCUT2D eigenvalue weighted by molar-refractivity contribution is 5.76.